The van der Waals surface area contributed by atoms with Crippen molar-refractivity contribution in [3.05, 3.63) is 41.6 Å². The molecule has 0 fully saturated rings. The highest BCUT2D eigenvalue weighted by atomic mass is 16.5. The van der Waals surface area contributed by atoms with Crippen molar-refractivity contribution in [3.63, 3.8) is 0 Å². The van der Waals surface area contributed by atoms with Crippen molar-refractivity contribution in [1.82, 2.24) is 5.16 Å². The second-order valence-electron chi connectivity index (χ2n) is 4.33. The molecular weight excluding hydrogens is 246 g/mol. The molecule has 5 nitrogen and oxygen atoms in total. The van der Waals surface area contributed by atoms with Crippen LogP contribution in [0.3, 0.4) is 0 Å². The molecule has 5 heteroatoms. The number of ether oxygens (including phenoxy) is 1. The van der Waals surface area contributed by atoms with Crippen molar-refractivity contribution in [1.29, 1.82) is 0 Å². The van der Waals surface area contributed by atoms with Crippen LogP contribution < -0.4 is 0 Å². The average Bonchev–Trinajstić information content (AvgIpc) is 2.89. The van der Waals surface area contributed by atoms with Gasteiger partial charge in [0.2, 0.25) is 0 Å². The van der Waals surface area contributed by atoms with Crippen LogP contribution in [0.1, 0.15) is 23.0 Å². The van der Waals surface area contributed by atoms with Crippen LogP contribution in [0, 0.1) is 0 Å². The number of carboxylic acids is 1. The highest BCUT2D eigenvalue weighted by Gasteiger charge is 2.12. The van der Waals surface area contributed by atoms with Crippen molar-refractivity contribution in [2.24, 2.45) is 0 Å². The zero-order chi connectivity index (χ0) is 13.8. The van der Waals surface area contributed by atoms with E-state index in [-0.39, 0.29) is 11.8 Å². The number of carboxylic acid groups (broad SMARTS) is 1. The van der Waals surface area contributed by atoms with Crippen LogP contribution in [0.25, 0.3) is 11.3 Å². The van der Waals surface area contributed by atoms with E-state index in [9.17, 15) is 4.79 Å². The first-order chi connectivity index (χ1) is 9.10. The summed E-state index contributed by atoms with van der Waals surface area (Å²) in [4.78, 5) is 10.7. The second kappa shape index (κ2) is 5.67. The summed E-state index contributed by atoms with van der Waals surface area (Å²) in [7, 11) is 1.68. The Morgan fingerprint density at radius 2 is 2.11 bits per heavy atom. The van der Waals surface area contributed by atoms with Crippen molar-refractivity contribution >= 4 is 5.97 Å². The van der Waals surface area contributed by atoms with Gasteiger partial charge in [0.15, 0.2) is 11.5 Å². The molecule has 19 heavy (non-hydrogen) atoms. The van der Waals surface area contributed by atoms with Gasteiger partial charge in [0.25, 0.3) is 0 Å². The summed E-state index contributed by atoms with van der Waals surface area (Å²) in [5, 5.41) is 12.3. The van der Waals surface area contributed by atoms with Crippen molar-refractivity contribution < 1.29 is 19.2 Å². The largest absolute Gasteiger partial charge is 0.476 e. The average molecular weight is 261 g/mol. The quantitative estimate of drug-likeness (QED) is 0.895. The number of aromatic carboxylic acids is 1. The van der Waals surface area contributed by atoms with Gasteiger partial charge in [0.05, 0.1) is 6.10 Å². The molecule has 1 aromatic heterocycles. The predicted molar refractivity (Wildman–Crippen MR) is 69.1 cm³/mol. The maximum atomic E-state index is 10.7. The van der Waals surface area contributed by atoms with E-state index >= 15 is 0 Å². The summed E-state index contributed by atoms with van der Waals surface area (Å²) in [5.74, 6) is -0.649. The molecule has 1 heterocycles. The summed E-state index contributed by atoms with van der Waals surface area (Å²) in [6.07, 6.45) is 0.989. The minimum Gasteiger partial charge on any atom is -0.476 e. The fourth-order valence-electron chi connectivity index (χ4n) is 1.73. The van der Waals surface area contributed by atoms with Gasteiger partial charge in [-0.25, -0.2) is 4.79 Å². The van der Waals surface area contributed by atoms with Crippen molar-refractivity contribution in [2.45, 2.75) is 19.4 Å². The molecule has 1 N–H and O–H groups in total. The number of nitrogens with zero attached hydrogens (tertiary/aromatic N) is 1. The SMILES string of the molecule is COC(C)Cc1ccc(-c2cc(C(=O)O)no2)cc1. The fourth-order valence-corrected chi connectivity index (χ4v) is 1.73. The Balaban J connectivity index is 2.15. The van der Waals surface area contributed by atoms with Crippen LogP contribution in [0.2, 0.25) is 0 Å². The molecule has 1 aromatic carbocycles. The normalized spacial score (nSPS) is 12.3. The number of aromatic nitrogens is 1. The number of benzene rings is 1. The Hall–Kier alpha value is -2.14. The molecule has 100 valence electrons. The van der Waals surface area contributed by atoms with E-state index in [0.29, 0.717) is 5.76 Å². The van der Waals surface area contributed by atoms with Gasteiger partial charge in [-0.15, -0.1) is 0 Å². The van der Waals surface area contributed by atoms with Gasteiger partial charge in [0.1, 0.15) is 0 Å². The fraction of sp³-hybridized carbons (Fsp3) is 0.286. The molecule has 0 radical (unpaired) electrons. The maximum Gasteiger partial charge on any atom is 0.358 e. The summed E-state index contributed by atoms with van der Waals surface area (Å²) in [6, 6.07) is 9.10. The van der Waals surface area contributed by atoms with E-state index < -0.39 is 5.97 Å². The van der Waals surface area contributed by atoms with Crippen LogP contribution in [-0.4, -0.2) is 29.4 Å². The molecule has 2 rings (SSSR count). The van der Waals surface area contributed by atoms with Crippen LogP contribution in [0.4, 0.5) is 0 Å². The van der Waals surface area contributed by atoms with Gasteiger partial charge in [-0.3, -0.25) is 0 Å². The number of hydrogen-bond acceptors (Lipinski definition) is 4. The van der Waals surface area contributed by atoms with E-state index in [1.807, 2.05) is 31.2 Å². The molecule has 0 aliphatic rings. The first kappa shape index (κ1) is 13.3. The highest BCUT2D eigenvalue weighted by molar-refractivity contribution is 5.86. The third kappa shape index (κ3) is 3.20. The third-order valence-electron chi connectivity index (χ3n) is 2.89. The molecule has 1 atom stereocenters. The summed E-state index contributed by atoms with van der Waals surface area (Å²) in [5.41, 5.74) is 1.86. The van der Waals surface area contributed by atoms with Gasteiger partial charge in [-0.1, -0.05) is 29.4 Å². The maximum absolute atomic E-state index is 10.7. The smallest absolute Gasteiger partial charge is 0.358 e. The first-order valence-electron chi connectivity index (χ1n) is 5.92. The second-order valence-corrected chi connectivity index (χ2v) is 4.33. The van der Waals surface area contributed by atoms with Gasteiger partial charge in [-0.05, 0) is 18.9 Å². The van der Waals surface area contributed by atoms with E-state index in [2.05, 4.69) is 5.16 Å². The standard InChI is InChI=1S/C14H15NO4/c1-9(18-2)7-10-3-5-11(6-4-10)13-8-12(14(16)17)15-19-13/h3-6,8-9H,7H2,1-2H3,(H,16,17). The molecule has 0 saturated carbocycles. The third-order valence-corrected chi connectivity index (χ3v) is 2.89. The summed E-state index contributed by atoms with van der Waals surface area (Å²) < 4.78 is 10.2. The van der Waals surface area contributed by atoms with E-state index in [1.54, 1.807) is 7.11 Å². The molecule has 2 aromatic rings. The molecule has 0 amide bonds. The lowest BCUT2D eigenvalue weighted by molar-refractivity contribution is 0.0686. The minimum atomic E-state index is -1.10. The molecule has 0 aliphatic heterocycles. The monoisotopic (exact) mass is 261 g/mol. The molecule has 0 bridgehead atoms. The van der Waals surface area contributed by atoms with E-state index in [0.717, 1.165) is 17.5 Å². The predicted octanol–water partition coefficient (Wildman–Crippen LogP) is 2.62. The Morgan fingerprint density at radius 1 is 1.42 bits per heavy atom. The lowest BCUT2D eigenvalue weighted by Crippen LogP contribution is -2.08. The molecule has 1 unspecified atom stereocenters. The van der Waals surface area contributed by atoms with Gasteiger partial charge >= 0.3 is 5.97 Å². The minimum absolute atomic E-state index is 0.0907. The molecular formula is C14H15NO4. The molecule has 0 saturated heterocycles. The summed E-state index contributed by atoms with van der Waals surface area (Å²) >= 11 is 0. The topological polar surface area (TPSA) is 72.6 Å². The number of methoxy groups -OCH3 is 1. The van der Waals surface area contributed by atoms with Gasteiger partial charge < -0.3 is 14.4 Å². The number of rotatable bonds is 5. The van der Waals surface area contributed by atoms with Crippen LogP contribution in [0.15, 0.2) is 34.9 Å². The highest BCUT2D eigenvalue weighted by Crippen LogP contribution is 2.21. The zero-order valence-electron chi connectivity index (χ0n) is 10.8. The van der Waals surface area contributed by atoms with Crippen molar-refractivity contribution in [3.8, 4) is 11.3 Å². The Labute approximate surface area is 110 Å². The lowest BCUT2D eigenvalue weighted by atomic mass is 10.1. The molecule has 0 spiro atoms. The lowest BCUT2D eigenvalue weighted by Gasteiger charge is -2.09. The Morgan fingerprint density at radius 3 is 2.63 bits per heavy atom. The Kier molecular flexibility index (Phi) is 3.97. The van der Waals surface area contributed by atoms with Crippen LogP contribution >= 0.6 is 0 Å². The van der Waals surface area contributed by atoms with E-state index in [1.165, 1.54) is 6.07 Å². The summed E-state index contributed by atoms with van der Waals surface area (Å²) in [6.45, 7) is 2.00. The zero-order valence-corrected chi connectivity index (χ0v) is 10.8. The number of carbonyl (C=O) groups is 1. The van der Waals surface area contributed by atoms with Gasteiger partial charge in [0, 0.05) is 18.7 Å². The Bertz CT molecular complexity index is 559. The van der Waals surface area contributed by atoms with Gasteiger partial charge in [-0.2, -0.15) is 0 Å². The van der Waals surface area contributed by atoms with Crippen LogP contribution in [0.5, 0.6) is 0 Å². The number of hydrogen-bond donors (Lipinski definition) is 1. The molecule has 0 aliphatic carbocycles. The first-order valence-corrected chi connectivity index (χ1v) is 5.92. The van der Waals surface area contributed by atoms with Crippen molar-refractivity contribution in [2.75, 3.05) is 7.11 Å². The van der Waals surface area contributed by atoms with Crippen LogP contribution in [-0.2, 0) is 11.2 Å². The van der Waals surface area contributed by atoms with E-state index in [4.69, 9.17) is 14.4 Å².